The molecule has 0 radical (unpaired) electrons. The molecule has 1 N–H and O–H groups in total. The molecule has 0 spiro atoms. The molecule has 1 heterocycles. The van der Waals surface area contributed by atoms with E-state index in [-0.39, 0.29) is 11.4 Å². The van der Waals surface area contributed by atoms with Gasteiger partial charge < -0.3 is 10.2 Å². The minimum absolute atomic E-state index is 0.0271. The zero-order valence-corrected chi connectivity index (χ0v) is 15.3. The van der Waals surface area contributed by atoms with Crippen molar-refractivity contribution in [3.05, 3.63) is 51.5 Å². The van der Waals surface area contributed by atoms with Crippen LogP contribution in [0.25, 0.3) is 0 Å². The van der Waals surface area contributed by atoms with Crippen molar-refractivity contribution in [2.75, 3.05) is 7.05 Å². The fourth-order valence-corrected chi connectivity index (χ4v) is 2.97. The van der Waals surface area contributed by atoms with Crippen LogP contribution in [0.15, 0.2) is 29.6 Å². The van der Waals surface area contributed by atoms with E-state index in [1.54, 1.807) is 35.4 Å². The molecule has 2 aromatic rings. The fourth-order valence-electron chi connectivity index (χ4n) is 2.06. The van der Waals surface area contributed by atoms with Gasteiger partial charge in [-0.1, -0.05) is 32.9 Å². The van der Waals surface area contributed by atoms with Crippen molar-refractivity contribution in [2.24, 2.45) is 0 Å². The SMILES string of the molecule is CN(Cc1ccc(C#N)cc1)C(=O)NCc1csc(C(C)(C)C)n1. The number of hydrogen-bond acceptors (Lipinski definition) is 4. The van der Waals surface area contributed by atoms with Gasteiger partial charge in [-0.05, 0) is 17.7 Å². The van der Waals surface area contributed by atoms with Gasteiger partial charge in [0, 0.05) is 24.4 Å². The summed E-state index contributed by atoms with van der Waals surface area (Å²) in [5, 5.41) is 14.7. The summed E-state index contributed by atoms with van der Waals surface area (Å²) in [5.41, 5.74) is 2.50. The summed E-state index contributed by atoms with van der Waals surface area (Å²) in [7, 11) is 1.75. The van der Waals surface area contributed by atoms with Crippen molar-refractivity contribution in [3.8, 4) is 6.07 Å². The van der Waals surface area contributed by atoms with Gasteiger partial charge >= 0.3 is 6.03 Å². The van der Waals surface area contributed by atoms with Crippen LogP contribution < -0.4 is 5.32 Å². The summed E-state index contributed by atoms with van der Waals surface area (Å²) >= 11 is 1.62. The van der Waals surface area contributed by atoms with Crippen LogP contribution in [0.4, 0.5) is 4.79 Å². The van der Waals surface area contributed by atoms with Crippen molar-refractivity contribution in [1.82, 2.24) is 15.2 Å². The highest BCUT2D eigenvalue weighted by Gasteiger charge is 2.18. The molecule has 1 aromatic heterocycles. The Hall–Kier alpha value is -2.39. The Bertz CT molecular complexity index is 738. The molecule has 2 amide bonds. The number of benzene rings is 1. The smallest absolute Gasteiger partial charge is 0.317 e. The Labute approximate surface area is 146 Å². The number of carbonyl (C=O) groups is 1. The largest absolute Gasteiger partial charge is 0.332 e. The first-order chi connectivity index (χ1) is 11.3. The molecule has 2 rings (SSSR count). The first-order valence-corrected chi connectivity index (χ1v) is 8.60. The number of nitrogens with one attached hydrogen (secondary N) is 1. The van der Waals surface area contributed by atoms with Crippen LogP contribution in [0.3, 0.4) is 0 Å². The number of hydrogen-bond donors (Lipinski definition) is 1. The monoisotopic (exact) mass is 342 g/mol. The lowest BCUT2D eigenvalue weighted by atomic mass is 9.98. The fraction of sp³-hybridized carbons (Fsp3) is 0.389. The summed E-state index contributed by atoms with van der Waals surface area (Å²) in [6.07, 6.45) is 0. The average molecular weight is 342 g/mol. The van der Waals surface area contributed by atoms with Gasteiger partial charge in [0.25, 0.3) is 0 Å². The molecular weight excluding hydrogens is 320 g/mol. The van der Waals surface area contributed by atoms with Crippen LogP contribution in [-0.2, 0) is 18.5 Å². The molecule has 6 heteroatoms. The summed E-state index contributed by atoms with van der Waals surface area (Å²) in [6, 6.07) is 9.16. The van der Waals surface area contributed by atoms with Gasteiger partial charge in [-0.25, -0.2) is 9.78 Å². The van der Waals surface area contributed by atoms with Gasteiger partial charge in [0.15, 0.2) is 0 Å². The quantitative estimate of drug-likeness (QED) is 0.922. The summed E-state index contributed by atoms with van der Waals surface area (Å²) in [5.74, 6) is 0. The first-order valence-electron chi connectivity index (χ1n) is 7.72. The van der Waals surface area contributed by atoms with E-state index in [2.05, 4.69) is 37.1 Å². The maximum absolute atomic E-state index is 12.2. The normalized spacial score (nSPS) is 11.0. The van der Waals surface area contributed by atoms with Gasteiger partial charge in [0.1, 0.15) is 0 Å². The van der Waals surface area contributed by atoms with Crippen LogP contribution >= 0.6 is 11.3 Å². The molecule has 0 bridgehead atoms. The highest BCUT2D eigenvalue weighted by atomic mass is 32.1. The third-order valence-corrected chi connectivity index (χ3v) is 4.78. The second-order valence-electron chi connectivity index (χ2n) is 6.72. The zero-order valence-electron chi connectivity index (χ0n) is 14.5. The van der Waals surface area contributed by atoms with E-state index in [4.69, 9.17) is 5.26 Å². The molecule has 0 saturated carbocycles. The minimum atomic E-state index is -0.148. The van der Waals surface area contributed by atoms with Crippen molar-refractivity contribution in [3.63, 3.8) is 0 Å². The minimum Gasteiger partial charge on any atom is -0.332 e. The van der Waals surface area contributed by atoms with Crippen LogP contribution in [0, 0.1) is 11.3 Å². The van der Waals surface area contributed by atoms with E-state index < -0.39 is 0 Å². The maximum Gasteiger partial charge on any atom is 0.317 e. The van der Waals surface area contributed by atoms with Gasteiger partial charge in [-0.3, -0.25) is 0 Å². The second kappa shape index (κ2) is 7.45. The summed E-state index contributed by atoms with van der Waals surface area (Å²) in [4.78, 5) is 18.4. The molecule has 1 aromatic carbocycles. The zero-order chi connectivity index (χ0) is 17.7. The molecule has 0 fully saturated rings. The van der Waals surface area contributed by atoms with Gasteiger partial charge in [-0.15, -0.1) is 11.3 Å². The number of carbonyl (C=O) groups excluding carboxylic acids is 1. The topological polar surface area (TPSA) is 69.0 Å². The third-order valence-electron chi connectivity index (χ3n) is 3.46. The van der Waals surface area contributed by atoms with E-state index in [1.807, 2.05) is 17.5 Å². The standard InChI is InChI=1S/C18H22N4OS/c1-18(2,3)16-21-15(12-24-16)10-20-17(23)22(4)11-14-7-5-13(9-19)6-8-14/h5-8,12H,10-11H2,1-4H3,(H,20,23). The number of nitrogens with zero attached hydrogens (tertiary/aromatic N) is 3. The molecule has 0 aliphatic heterocycles. The second-order valence-corrected chi connectivity index (χ2v) is 7.58. The number of amides is 2. The Morgan fingerprint density at radius 1 is 1.33 bits per heavy atom. The number of thiazole rings is 1. The molecule has 0 aliphatic rings. The summed E-state index contributed by atoms with van der Waals surface area (Å²) in [6.45, 7) is 7.28. The van der Waals surface area contributed by atoms with Crippen LogP contribution in [-0.4, -0.2) is 23.0 Å². The van der Waals surface area contributed by atoms with Crippen molar-refractivity contribution in [1.29, 1.82) is 5.26 Å². The highest BCUT2D eigenvalue weighted by molar-refractivity contribution is 7.09. The van der Waals surface area contributed by atoms with E-state index in [9.17, 15) is 4.79 Å². The number of rotatable bonds is 4. The van der Waals surface area contributed by atoms with Gasteiger partial charge in [0.05, 0.1) is 28.9 Å². The van der Waals surface area contributed by atoms with Crippen molar-refractivity contribution in [2.45, 2.75) is 39.3 Å². The van der Waals surface area contributed by atoms with Gasteiger partial charge in [-0.2, -0.15) is 5.26 Å². The highest BCUT2D eigenvalue weighted by Crippen LogP contribution is 2.25. The predicted molar refractivity (Wildman–Crippen MR) is 95.7 cm³/mol. The number of urea groups is 1. The van der Waals surface area contributed by atoms with Crippen molar-refractivity contribution < 1.29 is 4.79 Å². The lowest BCUT2D eigenvalue weighted by molar-refractivity contribution is 0.206. The molecule has 0 atom stereocenters. The lowest BCUT2D eigenvalue weighted by Crippen LogP contribution is -2.36. The molecule has 24 heavy (non-hydrogen) atoms. The third kappa shape index (κ3) is 4.80. The molecule has 0 aliphatic carbocycles. The van der Waals surface area contributed by atoms with Crippen LogP contribution in [0.1, 0.15) is 42.6 Å². The number of nitriles is 1. The Morgan fingerprint density at radius 3 is 2.54 bits per heavy atom. The number of aromatic nitrogens is 1. The average Bonchev–Trinajstić information content (AvgIpc) is 3.02. The molecule has 5 nitrogen and oxygen atoms in total. The Morgan fingerprint density at radius 2 is 2.00 bits per heavy atom. The van der Waals surface area contributed by atoms with E-state index in [0.717, 1.165) is 16.3 Å². The Kier molecular flexibility index (Phi) is 5.58. The molecule has 0 saturated heterocycles. The van der Waals surface area contributed by atoms with E-state index in [1.165, 1.54) is 0 Å². The molecular formula is C18H22N4OS. The molecule has 126 valence electrons. The predicted octanol–water partition coefficient (Wildman–Crippen LogP) is 3.65. The van der Waals surface area contributed by atoms with E-state index >= 15 is 0 Å². The summed E-state index contributed by atoms with van der Waals surface area (Å²) < 4.78 is 0. The lowest BCUT2D eigenvalue weighted by Gasteiger charge is -2.18. The van der Waals surface area contributed by atoms with Gasteiger partial charge in [0.2, 0.25) is 0 Å². The van der Waals surface area contributed by atoms with Crippen LogP contribution in [0.5, 0.6) is 0 Å². The van der Waals surface area contributed by atoms with E-state index in [0.29, 0.717) is 18.7 Å². The first kappa shape index (κ1) is 18.0. The van der Waals surface area contributed by atoms with Crippen LogP contribution in [0.2, 0.25) is 0 Å². The van der Waals surface area contributed by atoms with Crippen molar-refractivity contribution >= 4 is 17.4 Å². The molecule has 0 unspecified atom stereocenters. The maximum atomic E-state index is 12.2. The Balaban J connectivity index is 1.87.